The van der Waals surface area contributed by atoms with Crippen molar-refractivity contribution in [2.45, 2.75) is 13.5 Å². The number of nitrogens with zero attached hydrogens (tertiary/aromatic N) is 2. The summed E-state index contributed by atoms with van der Waals surface area (Å²) in [5.41, 5.74) is 3.21. The molecule has 0 bridgehead atoms. The molecule has 16 heavy (non-hydrogen) atoms. The fourth-order valence-corrected chi connectivity index (χ4v) is 2.21. The van der Waals surface area contributed by atoms with E-state index in [0.717, 1.165) is 22.3 Å². The number of anilines is 1. The topological polar surface area (TPSA) is 58.1 Å². The molecule has 0 atom stereocenters. The van der Waals surface area contributed by atoms with E-state index in [1.165, 1.54) is 4.57 Å². The van der Waals surface area contributed by atoms with Crippen LogP contribution in [-0.2, 0) is 11.3 Å². The van der Waals surface area contributed by atoms with E-state index < -0.39 is 0 Å². The van der Waals surface area contributed by atoms with Crippen molar-refractivity contribution in [1.82, 2.24) is 9.55 Å². The molecule has 0 aliphatic carbocycles. The lowest BCUT2D eigenvalue weighted by Crippen LogP contribution is -2.37. The molecule has 1 aromatic heterocycles. The number of rotatable bonds is 0. The van der Waals surface area contributed by atoms with Crippen LogP contribution in [0.3, 0.4) is 0 Å². The molecule has 1 aliphatic heterocycles. The number of benzene rings is 1. The number of likely N-dealkylation sites (N-methyl/N-ethyl adjacent to an activating group) is 1. The Labute approximate surface area is 91.3 Å². The van der Waals surface area contributed by atoms with Crippen molar-refractivity contribution in [3.8, 4) is 0 Å². The number of carbonyl (C=O) groups excluding carboxylic acids is 1. The minimum Gasteiger partial charge on any atom is -0.312 e. The molecule has 0 saturated heterocycles. The summed E-state index contributed by atoms with van der Waals surface area (Å²) in [6.07, 6.45) is 0. The van der Waals surface area contributed by atoms with Crippen molar-refractivity contribution in [2.24, 2.45) is 0 Å². The Morgan fingerprint density at radius 2 is 2.06 bits per heavy atom. The number of aromatic nitrogens is 2. The van der Waals surface area contributed by atoms with Gasteiger partial charge >= 0.3 is 5.69 Å². The summed E-state index contributed by atoms with van der Waals surface area (Å²) in [7, 11) is 1.73. The first kappa shape index (κ1) is 9.21. The number of hydrogen-bond donors (Lipinski definition) is 1. The Hall–Kier alpha value is -2.04. The number of amides is 1. The summed E-state index contributed by atoms with van der Waals surface area (Å²) < 4.78 is 1.49. The van der Waals surface area contributed by atoms with Crippen molar-refractivity contribution in [1.29, 1.82) is 0 Å². The van der Waals surface area contributed by atoms with Gasteiger partial charge in [-0.25, -0.2) is 4.79 Å². The van der Waals surface area contributed by atoms with E-state index >= 15 is 0 Å². The van der Waals surface area contributed by atoms with Crippen molar-refractivity contribution in [3.63, 3.8) is 0 Å². The van der Waals surface area contributed by atoms with Gasteiger partial charge in [0.15, 0.2) is 0 Å². The van der Waals surface area contributed by atoms with Gasteiger partial charge in [-0.15, -0.1) is 0 Å². The van der Waals surface area contributed by atoms with Gasteiger partial charge in [-0.2, -0.15) is 0 Å². The highest BCUT2D eigenvalue weighted by molar-refractivity contribution is 6.04. The lowest BCUT2D eigenvalue weighted by molar-refractivity contribution is -0.119. The molecule has 0 fully saturated rings. The Morgan fingerprint density at radius 3 is 2.81 bits per heavy atom. The minimum atomic E-state index is -0.219. The summed E-state index contributed by atoms with van der Waals surface area (Å²) in [5, 5.41) is 0. The van der Waals surface area contributed by atoms with Gasteiger partial charge in [0, 0.05) is 7.05 Å². The standard InChI is InChI=1S/C11H11N3O2/c1-6-3-7-10-8(4-6)13(2)9(15)5-14(10)11(16)12-7/h3-4H,5H2,1-2H3,(H,12,16). The molecule has 5 heteroatoms. The van der Waals surface area contributed by atoms with E-state index in [4.69, 9.17) is 0 Å². The summed E-state index contributed by atoms with van der Waals surface area (Å²) in [4.78, 5) is 27.7. The summed E-state index contributed by atoms with van der Waals surface area (Å²) in [5.74, 6) is -0.0684. The number of aromatic amines is 1. The van der Waals surface area contributed by atoms with Crippen LogP contribution in [-0.4, -0.2) is 22.5 Å². The second-order valence-electron chi connectivity index (χ2n) is 4.15. The fourth-order valence-electron chi connectivity index (χ4n) is 2.21. The van der Waals surface area contributed by atoms with Gasteiger partial charge in [-0.05, 0) is 24.6 Å². The zero-order valence-electron chi connectivity index (χ0n) is 9.07. The van der Waals surface area contributed by atoms with Crippen LogP contribution in [0.1, 0.15) is 5.56 Å². The van der Waals surface area contributed by atoms with E-state index in [-0.39, 0.29) is 18.1 Å². The van der Waals surface area contributed by atoms with Crippen LogP contribution in [0.5, 0.6) is 0 Å². The minimum absolute atomic E-state index is 0.0684. The average Bonchev–Trinajstić information content (AvgIpc) is 2.51. The fraction of sp³-hybridized carbons (Fsp3) is 0.273. The Morgan fingerprint density at radius 1 is 1.31 bits per heavy atom. The molecule has 1 amide bonds. The third kappa shape index (κ3) is 0.997. The molecule has 2 aromatic rings. The number of aryl methyl sites for hydroxylation is 1. The molecular weight excluding hydrogens is 206 g/mol. The average molecular weight is 217 g/mol. The smallest absolute Gasteiger partial charge is 0.312 e. The van der Waals surface area contributed by atoms with E-state index in [1.807, 2.05) is 19.1 Å². The number of hydrogen-bond acceptors (Lipinski definition) is 2. The highest BCUT2D eigenvalue weighted by Gasteiger charge is 2.25. The number of imidazole rings is 1. The first-order chi connectivity index (χ1) is 7.58. The van der Waals surface area contributed by atoms with Gasteiger partial charge in [-0.3, -0.25) is 9.36 Å². The second-order valence-corrected chi connectivity index (χ2v) is 4.15. The molecule has 1 aromatic carbocycles. The number of H-pyrrole nitrogens is 1. The van der Waals surface area contributed by atoms with E-state index in [0.29, 0.717) is 0 Å². The van der Waals surface area contributed by atoms with Crippen LogP contribution in [0.2, 0.25) is 0 Å². The first-order valence-corrected chi connectivity index (χ1v) is 5.07. The molecule has 0 radical (unpaired) electrons. The van der Waals surface area contributed by atoms with Gasteiger partial charge in [-0.1, -0.05) is 0 Å². The maximum Gasteiger partial charge on any atom is 0.327 e. The highest BCUT2D eigenvalue weighted by atomic mass is 16.2. The van der Waals surface area contributed by atoms with Crippen LogP contribution >= 0.6 is 0 Å². The van der Waals surface area contributed by atoms with Crippen LogP contribution < -0.4 is 10.6 Å². The van der Waals surface area contributed by atoms with Crippen molar-refractivity contribution >= 4 is 22.6 Å². The predicted octanol–water partition coefficient (Wildman–Crippen LogP) is 0.614. The normalized spacial score (nSPS) is 14.9. The van der Waals surface area contributed by atoms with Gasteiger partial charge in [0.2, 0.25) is 5.91 Å². The quantitative estimate of drug-likeness (QED) is 0.703. The van der Waals surface area contributed by atoms with E-state index in [9.17, 15) is 9.59 Å². The zero-order valence-corrected chi connectivity index (χ0v) is 9.07. The number of nitrogens with one attached hydrogen (secondary N) is 1. The molecular formula is C11H11N3O2. The maximum atomic E-state index is 11.7. The summed E-state index contributed by atoms with van der Waals surface area (Å²) in [6.45, 7) is 2.06. The molecule has 5 nitrogen and oxygen atoms in total. The first-order valence-electron chi connectivity index (χ1n) is 5.07. The zero-order chi connectivity index (χ0) is 11.4. The highest BCUT2D eigenvalue weighted by Crippen LogP contribution is 2.29. The van der Waals surface area contributed by atoms with E-state index in [1.54, 1.807) is 11.9 Å². The molecule has 0 spiro atoms. The van der Waals surface area contributed by atoms with Crippen LogP contribution in [0, 0.1) is 6.92 Å². The molecule has 82 valence electrons. The van der Waals surface area contributed by atoms with Crippen molar-refractivity contribution in [2.75, 3.05) is 11.9 Å². The molecule has 0 saturated carbocycles. The Balaban J connectivity index is 2.52. The molecule has 1 aliphatic rings. The third-order valence-electron chi connectivity index (χ3n) is 3.02. The van der Waals surface area contributed by atoms with Crippen LogP contribution in [0.15, 0.2) is 16.9 Å². The maximum absolute atomic E-state index is 11.7. The Bertz CT molecular complexity index is 666. The van der Waals surface area contributed by atoms with Gasteiger partial charge in [0.25, 0.3) is 0 Å². The number of carbonyl (C=O) groups is 1. The SMILES string of the molecule is Cc1cc2c3c(c1)[nH]c(=O)n3CC(=O)N2C. The molecule has 1 N–H and O–H groups in total. The Kier molecular flexibility index (Phi) is 1.58. The van der Waals surface area contributed by atoms with Crippen molar-refractivity contribution < 1.29 is 4.79 Å². The lowest BCUT2D eigenvalue weighted by Gasteiger charge is -2.24. The molecule has 3 rings (SSSR count). The lowest BCUT2D eigenvalue weighted by atomic mass is 10.1. The third-order valence-corrected chi connectivity index (χ3v) is 3.02. The summed E-state index contributed by atoms with van der Waals surface area (Å²) >= 11 is 0. The van der Waals surface area contributed by atoms with Crippen LogP contribution in [0.4, 0.5) is 5.69 Å². The predicted molar refractivity (Wildman–Crippen MR) is 60.7 cm³/mol. The van der Waals surface area contributed by atoms with Gasteiger partial charge in [0.1, 0.15) is 6.54 Å². The largest absolute Gasteiger partial charge is 0.327 e. The monoisotopic (exact) mass is 217 g/mol. The second kappa shape index (κ2) is 2.75. The summed E-state index contributed by atoms with van der Waals surface area (Å²) in [6, 6.07) is 3.84. The van der Waals surface area contributed by atoms with Gasteiger partial charge < -0.3 is 9.88 Å². The van der Waals surface area contributed by atoms with Gasteiger partial charge in [0.05, 0.1) is 16.7 Å². The van der Waals surface area contributed by atoms with E-state index in [2.05, 4.69) is 4.98 Å². The molecule has 0 unspecified atom stereocenters. The molecule has 2 heterocycles. The van der Waals surface area contributed by atoms with Crippen molar-refractivity contribution in [3.05, 3.63) is 28.2 Å². The van der Waals surface area contributed by atoms with Crippen LogP contribution in [0.25, 0.3) is 11.0 Å².